The summed E-state index contributed by atoms with van der Waals surface area (Å²) in [4.78, 5) is 23.6. The van der Waals surface area contributed by atoms with E-state index in [1.54, 1.807) is 16.8 Å². The molecule has 0 aliphatic heterocycles. The minimum atomic E-state index is -3.93. The highest BCUT2D eigenvalue weighted by atomic mass is 35.5. The lowest BCUT2D eigenvalue weighted by molar-refractivity contribution is -0.143. The first-order valence-electron chi connectivity index (χ1n) is 11.6. The van der Waals surface area contributed by atoms with Gasteiger partial charge in [-0.15, -0.1) is 11.3 Å². The maximum atomic E-state index is 13.0. The molecule has 2 heterocycles. The van der Waals surface area contributed by atoms with Crippen LogP contribution in [0.4, 0.5) is 5.82 Å². The summed E-state index contributed by atoms with van der Waals surface area (Å²) in [5.74, 6) is -0.455. The van der Waals surface area contributed by atoms with Crippen LogP contribution >= 0.6 is 22.9 Å². The van der Waals surface area contributed by atoms with E-state index in [1.807, 2.05) is 30.3 Å². The van der Waals surface area contributed by atoms with Crippen LogP contribution in [-0.2, 0) is 37.4 Å². The Morgan fingerprint density at radius 2 is 1.87 bits per heavy atom. The van der Waals surface area contributed by atoms with Crippen molar-refractivity contribution < 1.29 is 27.5 Å². The number of methoxy groups -OCH3 is 2. The Balaban J connectivity index is 1.56. The van der Waals surface area contributed by atoms with Gasteiger partial charge in [-0.2, -0.15) is 5.10 Å². The van der Waals surface area contributed by atoms with Gasteiger partial charge in [0.25, 0.3) is 10.0 Å². The molecule has 0 fully saturated rings. The van der Waals surface area contributed by atoms with Gasteiger partial charge in [0.2, 0.25) is 5.91 Å². The van der Waals surface area contributed by atoms with Gasteiger partial charge in [-0.25, -0.2) is 8.42 Å². The number of hydrogen-bond acceptors (Lipinski definition) is 9. The van der Waals surface area contributed by atoms with Crippen LogP contribution in [0.2, 0.25) is 4.34 Å². The summed E-state index contributed by atoms with van der Waals surface area (Å²) < 4.78 is 40.7. The van der Waals surface area contributed by atoms with Gasteiger partial charge in [-0.05, 0) is 35.4 Å². The van der Waals surface area contributed by atoms with E-state index in [2.05, 4.69) is 19.9 Å². The van der Waals surface area contributed by atoms with E-state index >= 15 is 0 Å². The molecule has 4 N–H and O–H groups in total. The molecule has 0 saturated carbocycles. The van der Waals surface area contributed by atoms with E-state index in [1.165, 1.54) is 26.4 Å². The number of carbonyl (C=O) groups excluding carboxylic acids is 2. The molecule has 4 rings (SSSR count). The molecule has 39 heavy (non-hydrogen) atoms. The molecule has 0 aliphatic carbocycles. The summed E-state index contributed by atoms with van der Waals surface area (Å²) in [6, 6.07) is 14.7. The lowest BCUT2D eigenvalue weighted by atomic mass is 10.1. The first-order chi connectivity index (χ1) is 18.6. The first kappa shape index (κ1) is 28.4. The highest BCUT2D eigenvalue weighted by molar-refractivity contribution is 7.94. The third-order valence-electron chi connectivity index (χ3n) is 5.73. The molecule has 0 bridgehead atoms. The zero-order valence-corrected chi connectivity index (χ0v) is 23.4. The number of benzene rings is 2. The number of nitrogens with one attached hydrogen (secondary N) is 2. The van der Waals surface area contributed by atoms with E-state index < -0.39 is 22.0 Å². The van der Waals surface area contributed by atoms with Crippen LogP contribution in [0, 0.1) is 0 Å². The topological polar surface area (TPSA) is 155 Å². The lowest BCUT2D eigenvalue weighted by Gasteiger charge is -2.11. The Kier molecular flexibility index (Phi) is 8.75. The molecule has 0 spiro atoms. The predicted molar refractivity (Wildman–Crippen MR) is 148 cm³/mol. The molecule has 14 heteroatoms. The Labute approximate surface area is 233 Å². The number of carbonyl (C=O) groups is 2. The highest BCUT2D eigenvalue weighted by Crippen LogP contribution is 2.35. The predicted octanol–water partition coefficient (Wildman–Crippen LogP) is 3.12. The van der Waals surface area contributed by atoms with Crippen molar-refractivity contribution in [3.05, 3.63) is 70.1 Å². The zero-order chi connectivity index (χ0) is 28.2. The molecule has 0 unspecified atom stereocenters. The van der Waals surface area contributed by atoms with Crippen LogP contribution in [0.3, 0.4) is 0 Å². The van der Waals surface area contributed by atoms with Crippen molar-refractivity contribution in [2.24, 2.45) is 5.73 Å². The van der Waals surface area contributed by atoms with E-state index in [-0.39, 0.29) is 28.9 Å². The number of ether oxygens (including phenoxy) is 2. The van der Waals surface area contributed by atoms with Gasteiger partial charge < -0.3 is 20.5 Å². The summed E-state index contributed by atoms with van der Waals surface area (Å²) in [7, 11) is -1.22. The largest absolute Gasteiger partial charge is 0.496 e. The number of hydrogen-bond donors (Lipinski definition) is 3. The normalized spacial score (nSPS) is 12.2. The molecule has 0 radical (unpaired) electrons. The lowest BCUT2D eigenvalue weighted by Crippen LogP contribution is -2.37. The Bertz CT molecular complexity index is 1620. The van der Waals surface area contributed by atoms with Gasteiger partial charge in [0, 0.05) is 6.54 Å². The number of nitrogens with two attached hydrogens (primary N) is 1. The van der Waals surface area contributed by atoms with Crippen molar-refractivity contribution in [1.82, 2.24) is 15.1 Å². The quantitative estimate of drug-likeness (QED) is 0.225. The van der Waals surface area contributed by atoms with Crippen molar-refractivity contribution >= 4 is 61.6 Å². The van der Waals surface area contributed by atoms with Crippen LogP contribution in [-0.4, -0.2) is 50.3 Å². The van der Waals surface area contributed by atoms with Gasteiger partial charge in [0.15, 0.2) is 5.82 Å². The molecule has 1 atom stereocenters. The summed E-state index contributed by atoms with van der Waals surface area (Å²) in [6.07, 6.45) is -0.191. The number of anilines is 1. The maximum absolute atomic E-state index is 13.0. The fourth-order valence-electron chi connectivity index (χ4n) is 3.90. The molecule has 2 aromatic carbocycles. The fraction of sp³-hybridized carbons (Fsp3) is 0.240. The van der Waals surface area contributed by atoms with Gasteiger partial charge in [0.1, 0.15) is 16.0 Å². The average molecular weight is 592 g/mol. The first-order valence-corrected chi connectivity index (χ1v) is 14.3. The van der Waals surface area contributed by atoms with Crippen LogP contribution in [0.5, 0.6) is 5.75 Å². The van der Waals surface area contributed by atoms with E-state index in [9.17, 15) is 18.0 Å². The number of aromatic nitrogens is 2. The fourth-order valence-corrected chi connectivity index (χ4v) is 6.39. The molecule has 0 aliphatic rings. The Morgan fingerprint density at radius 1 is 1.13 bits per heavy atom. The Hall–Kier alpha value is -3.65. The van der Waals surface area contributed by atoms with Crippen molar-refractivity contribution in [2.75, 3.05) is 18.9 Å². The Morgan fingerprint density at radius 3 is 2.56 bits per heavy atom. The van der Waals surface area contributed by atoms with Crippen LogP contribution in [0.1, 0.15) is 17.5 Å². The van der Waals surface area contributed by atoms with Gasteiger partial charge in [-0.3, -0.25) is 19.0 Å². The number of esters is 1. The molecule has 206 valence electrons. The van der Waals surface area contributed by atoms with Crippen molar-refractivity contribution in [3.63, 3.8) is 0 Å². The molecular weight excluding hydrogens is 566 g/mol. The monoisotopic (exact) mass is 591 g/mol. The zero-order valence-electron chi connectivity index (χ0n) is 21.0. The summed E-state index contributed by atoms with van der Waals surface area (Å²) >= 11 is 6.88. The minimum absolute atomic E-state index is 0.0624. The maximum Gasteiger partial charge on any atom is 0.323 e. The molecule has 4 aromatic rings. The molecule has 11 nitrogen and oxygen atoms in total. The van der Waals surface area contributed by atoms with Gasteiger partial charge >= 0.3 is 5.97 Å². The minimum Gasteiger partial charge on any atom is -0.496 e. The SMILES string of the molecule is COC(=O)[C@@H](N)CC(=O)NCc1cccc(Cn2nc(NS(=O)(=O)c3ccc(Cl)s3)c3c(OC)cccc32)c1. The average Bonchev–Trinajstić information content (AvgIpc) is 3.51. The van der Waals surface area contributed by atoms with E-state index in [0.29, 0.717) is 27.5 Å². The number of amides is 1. The number of nitrogens with zero attached hydrogens (tertiary/aromatic N) is 2. The second-order valence-electron chi connectivity index (χ2n) is 8.46. The number of sulfonamides is 1. The van der Waals surface area contributed by atoms with Crippen LogP contribution < -0.4 is 20.5 Å². The molecular formula is C25H26ClN5O6S2. The molecule has 2 aromatic heterocycles. The highest BCUT2D eigenvalue weighted by Gasteiger charge is 2.23. The van der Waals surface area contributed by atoms with Crippen molar-refractivity contribution in [2.45, 2.75) is 29.8 Å². The van der Waals surface area contributed by atoms with Crippen LogP contribution in [0.25, 0.3) is 10.9 Å². The third kappa shape index (κ3) is 6.68. The second-order valence-corrected chi connectivity index (χ2v) is 12.1. The summed E-state index contributed by atoms with van der Waals surface area (Å²) in [5.41, 5.74) is 7.98. The van der Waals surface area contributed by atoms with E-state index in [0.717, 1.165) is 22.5 Å². The number of rotatable bonds is 11. The molecule has 1 amide bonds. The standard InChI is InChI=1S/C25H26ClN5O6S2/c1-36-19-8-4-7-18-23(19)24(30-39(34,35)22-10-9-20(26)38-22)29-31(18)14-16-6-3-5-15(11-16)13-28-21(32)12-17(27)25(33)37-2/h3-11,17H,12-14,27H2,1-2H3,(H,28,32)(H,29,30)/t17-/m0/s1. The van der Waals surface area contributed by atoms with Crippen molar-refractivity contribution in [1.29, 1.82) is 0 Å². The summed E-state index contributed by atoms with van der Waals surface area (Å²) in [5, 5.41) is 7.81. The number of halogens is 1. The number of fused-ring (bicyclic) bond motifs is 1. The van der Waals surface area contributed by atoms with E-state index in [4.69, 9.17) is 22.1 Å². The van der Waals surface area contributed by atoms with Gasteiger partial charge in [-0.1, -0.05) is 41.9 Å². The summed E-state index contributed by atoms with van der Waals surface area (Å²) in [6.45, 7) is 0.536. The third-order valence-corrected chi connectivity index (χ3v) is 8.79. The smallest absolute Gasteiger partial charge is 0.323 e. The van der Waals surface area contributed by atoms with Crippen molar-refractivity contribution in [3.8, 4) is 5.75 Å². The van der Waals surface area contributed by atoms with Crippen LogP contribution in [0.15, 0.2) is 58.8 Å². The number of thiophene rings is 1. The van der Waals surface area contributed by atoms with Gasteiger partial charge in [0.05, 0.1) is 42.4 Å². The molecule has 0 saturated heterocycles. The second kappa shape index (κ2) is 12.0.